The zero-order chi connectivity index (χ0) is 6.41. The Hall–Kier alpha value is -0.713. The Kier molecular flexibility index (Phi) is 4.05. The van der Waals surface area contributed by atoms with Crippen LogP contribution in [0.2, 0.25) is 0 Å². The van der Waals surface area contributed by atoms with E-state index in [1.807, 2.05) is 0 Å². The fourth-order valence-corrected chi connectivity index (χ4v) is 0.448. The van der Waals surface area contributed by atoms with Crippen molar-refractivity contribution in [1.29, 1.82) is 0 Å². The van der Waals surface area contributed by atoms with E-state index < -0.39 is 9.17 Å². The molecule has 0 aliphatic carbocycles. The molecule has 0 N–H and O–H groups in total. The molecule has 8 heavy (non-hydrogen) atoms. The smallest absolute Gasteiger partial charge is 0.491 e. The number of rotatable bonds is 4. The summed E-state index contributed by atoms with van der Waals surface area (Å²) in [6.07, 6.45) is 1.35. The van der Waals surface area contributed by atoms with Gasteiger partial charge >= 0.3 is 9.17 Å². The average Bonchev–Trinajstić information content (AvgIpc) is 1.83. The largest absolute Gasteiger partial charge is 0.805 e. The maximum Gasteiger partial charge on any atom is 0.805 e. The summed E-state index contributed by atoms with van der Waals surface area (Å²) in [4.78, 5) is 0. The van der Waals surface area contributed by atoms with Crippen LogP contribution in [0.25, 0.3) is 0 Å². The number of hydrogen-bond acceptors (Lipinski definition) is 3. The molecule has 0 rings (SSSR count). The van der Waals surface area contributed by atoms with Crippen LogP contribution in [0.1, 0.15) is 0 Å². The highest BCUT2D eigenvalue weighted by Crippen LogP contribution is 1.78. The van der Waals surface area contributed by atoms with Crippen molar-refractivity contribution in [3.05, 3.63) is 12.7 Å². The van der Waals surface area contributed by atoms with Crippen molar-refractivity contribution in [3.8, 4) is 0 Å². The summed E-state index contributed by atoms with van der Waals surface area (Å²) in [6.45, 7) is 3.28. The van der Waals surface area contributed by atoms with E-state index in [2.05, 4.69) is 15.6 Å². The van der Waals surface area contributed by atoms with Gasteiger partial charge in [0.2, 0.25) is 0 Å². The first-order valence-electron chi connectivity index (χ1n) is 1.87. The van der Waals surface area contributed by atoms with E-state index in [0.29, 0.717) is 0 Å². The van der Waals surface area contributed by atoms with Gasteiger partial charge in [0.15, 0.2) is 0 Å². The zero-order valence-electron chi connectivity index (χ0n) is 4.09. The highest BCUT2D eigenvalue weighted by molar-refractivity contribution is 6.25. The van der Waals surface area contributed by atoms with Gasteiger partial charge in [-0.15, -0.1) is 0 Å². The summed E-state index contributed by atoms with van der Waals surface area (Å²) < 4.78 is 27.7. The second-order valence-electron chi connectivity index (χ2n) is 0.927. The lowest BCUT2D eigenvalue weighted by atomic mass is 10.7. The topological polar surface area (TPSA) is 35.5 Å². The van der Waals surface area contributed by atoms with Crippen LogP contribution in [-0.2, 0) is 13.5 Å². The van der Waals surface area contributed by atoms with E-state index in [4.69, 9.17) is 0 Å². The van der Waals surface area contributed by atoms with Crippen LogP contribution < -0.4 is 0 Å². The minimum absolute atomic E-state index is 0.0434. The molecule has 46 valence electrons. The molecule has 0 fully saturated rings. The fraction of sp³-hybridized carbons (Fsp3) is 0.333. The van der Waals surface area contributed by atoms with Crippen molar-refractivity contribution >= 4 is 9.17 Å². The Morgan fingerprint density at radius 3 is 2.88 bits per heavy atom. The zero-order valence-corrected chi connectivity index (χ0v) is 5.09. The second-order valence-corrected chi connectivity index (χ2v) is 1.87. The SMILES string of the molecule is C=CCO[Si](=O)OF. The van der Waals surface area contributed by atoms with Crippen molar-refractivity contribution in [2.24, 2.45) is 0 Å². The maximum atomic E-state index is 10.8. The molecule has 0 radical (unpaired) electrons. The summed E-state index contributed by atoms with van der Waals surface area (Å²) in [5, 5.41) is 0. The molecule has 5 heteroatoms. The molecule has 3 nitrogen and oxygen atoms in total. The number of hydrogen-bond donors (Lipinski definition) is 0. The summed E-state index contributed by atoms with van der Waals surface area (Å²) in [6, 6.07) is 0. The van der Waals surface area contributed by atoms with E-state index in [1.165, 1.54) is 6.08 Å². The van der Waals surface area contributed by atoms with Gasteiger partial charge in [0, 0.05) is 4.53 Å². The monoisotopic (exact) mass is 136 g/mol. The van der Waals surface area contributed by atoms with Gasteiger partial charge < -0.3 is 4.43 Å². The van der Waals surface area contributed by atoms with Crippen LogP contribution in [0.15, 0.2) is 12.7 Å². The lowest BCUT2D eigenvalue weighted by Gasteiger charge is -1.90. The Morgan fingerprint density at radius 2 is 2.50 bits per heavy atom. The van der Waals surface area contributed by atoms with Gasteiger partial charge in [-0.05, 0) is 0 Å². The summed E-state index contributed by atoms with van der Waals surface area (Å²) in [5.74, 6) is 0. The van der Waals surface area contributed by atoms with Crippen LogP contribution >= 0.6 is 0 Å². The third-order valence-corrected chi connectivity index (χ3v) is 0.910. The van der Waals surface area contributed by atoms with E-state index >= 15 is 0 Å². The minimum Gasteiger partial charge on any atom is -0.491 e. The van der Waals surface area contributed by atoms with Gasteiger partial charge in [0.05, 0.1) is 6.61 Å². The molecular formula is C3H5FO3Si. The quantitative estimate of drug-likeness (QED) is 0.417. The van der Waals surface area contributed by atoms with Gasteiger partial charge in [-0.1, -0.05) is 12.7 Å². The predicted molar refractivity (Wildman–Crippen MR) is 24.8 cm³/mol. The first kappa shape index (κ1) is 7.29. The number of halogens is 1. The molecule has 0 aromatic rings. The van der Waals surface area contributed by atoms with E-state index in [-0.39, 0.29) is 6.61 Å². The molecule has 0 aliphatic heterocycles. The predicted octanol–water partition coefficient (Wildman–Crippen LogP) is 0.505. The molecule has 0 aliphatic rings. The van der Waals surface area contributed by atoms with Crippen molar-refractivity contribution < 1.29 is 18.0 Å². The fourth-order valence-electron chi connectivity index (χ4n) is 0.149. The third kappa shape index (κ3) is 3.48. The van der Waals surface area contributed by atoms with Gasteiger partial charge in [-0.2, -0.15) is 0 Å². The first-order valence-corrected chi connectivity index (χ1v) is 3.10. The van der Waals surface area contributed by atoms with Crippen LogP contribution in [0, 0.1) is 0 Å². The lowest BCUT2D eigenvalue weighted by molar-refractivity contribution is -0.0466. The van der Waals surface area contributed by atoms with Gasteiger partial charge in [0.1, 0.15) is 0 Å². The standard InChI is InChI=1S/C3H5FO3Si/c1-2-3-6-8(5)7-4/h2H,1,3H2. The van der Waals surface area contributed by atoms with Crippen molar-refractivity contribution in [1.82, 2.24) is 0 Å². The molecule has 0 aromatic heterocycles. The molecule has 0 heterocycles. The summed E-state index contributed by atoms with van der Waals surface area (Å²) >= 11 is 0. The molecule has 0 atom stereocenters. The van der Waals surface area contributed by atoms with Gasteiger partial charge in [-0.25, -0.2) is 0 Å². The Bertz CT molecular complexity index is 94.5. The summed E-state index contributed by atoms with van der Waals surface area (Å²) in [5.41, 5.74) is 0. The average molecular weight is 136 g/mol. The Labute approximate surface area is 47.5 Å². The highest BCUT2D eigenvalue weighted by atomic mass is 28.3. The van der Waals surface area contributed by atoms with Crippen molar-refractivity contribution in [3.63, 3.8) is 0 Å². The van der Waals surface area contributed by atoms with Crippen LogP contribution in [0.4, 0.5) is 4.53 Å². The molecular weight excluding hydrogens is 131 g/mol. The third-order valence-electron chi connectivity index (χ3n) is 0.382. The van der Waals surface area contributed by atoms with Crippen molar-refractivity contribution in [2.75, 3.05) is 6.61 Å². The lowest BCUT2D eigenvalue weighted by Crippen LogP contribution is -2.06. The molecule has 0 bridgehead atoms. The molecule has 0 aromatic carbocycles. The normalized spacial score (nSPS) is 7.62. The Morgan fingerprint density at radius 1 is 1.88 bits per heavy atom. The van der Waals surface area contributed by atoms with Crippen LogP contribution in [0.3, 0.4) is 0 Å². The summed E-state index contributed by atoms with van der Waals surface area (Å²) in [7, 11) is -2.88. The van der Waals surface area contributed by atoms with Gasteiger partial charge in [0.25, 0.3) is 0 Å². The van der Waals surface area contributed by atoms with E-state index in [1.54, 1.807) is 0 Å². The molecule has 0 unspecified atom stereocenters. The molecule has 0 saturated carbocycles. The molecule has 0 saturated heterocycles. The van der Waals surface area contributed by atoms with Crippen LogP contribution in [-0.4, -0.2) is 15.8 Å². The first-order chi connectivity index (χ1) is 3.81. The van der Waals surface area contributed by atoms with Gasteiger partial charge in [-0.3, -0.25) is 9.09 Å². The highest BCUT2D eigenvalue weighted by Gasteiger charge is 2.08. The van der Waals surface area contributed by atoms with Crippen LogP contribution in [0.5, 0.6) is 0 Å². The molecule has 0 amide bonds. The van der Waals surface area contributed by atoms with E-state index in [9.17, 15) is 8.99 Å². The van der Waals surface area contributed by atoms with E-state index in [0.717, 1.165) is 0 Å². The Balaban J connectivity index is 3.11. The second kappa shape index (κ2) is 4.45. The van der Waals surface area contributed by atoms with Crippen molar-refractivity contribution in [2.45, 2.75) is 0 Å². The minimum atomic E-state index is -2.88. The molecule has 0 spiro atoms. The maximum absolute atomic E-state index is 10.8.